The molecule has 1 unspecified atom stereocenters. The molecule has 6 heteroatoms. The van der Waals surface area contributed by atoms with Crippen LogP contribution in [-0.4, -0.2) is 10.2 Å². The first-order valence-corrected chi connectivity index (χ1v) is 5.85. The molecule has 0 aliphatic heterocycles. The summed E-state index contributed by atoms with van der Waals surface area (Å²) in [5, 5.41) is 10.7. The van der Waals surface area contributed by atoms with Gasteiger partial charge in [-0.15, -0.1) is 5.10 Å². The van der Waals surface area contributed by atoms with Crippen molar-refractivity contribution in [1.82, 2.24) is 10.2 Å². The zero-order chi connectivity index (χ0) is 11.5. The zero-order valence-corrected chi connectivity index (χ0v) is 10.8. The number of rotatable bonds is 3. The van der Waals surface area contributed by atoms with E-state index in [4.69, 9.17) is 10.2 Å². The van der Waals surface area contributed by atoms with Crippen molar-refractivity contribution in [2.75, 3.05) is 5.32 Å². The fraction of sp³-hybridized carbons (Fsp3) is 0.200. The lowest BCUT2D eigenvalue weighted by molar-refractivity contribution is 0.475. The van der Waals surface area contributed by atoms with Crippen LogP contribution in [0, 0.1) is 3.57 Å². The highest BCUT2D eigenvalue weighted by Crippen LogP contribution is 2.22. The summed E-state index contributed by atoms with van der Waals surface area (Å²) < 4.78 is 6.43. The van der Waals surface area contributed by atoms with Crippen LogP contribution in [0.5, 0.6) is 0 Å². The number of benzene rings is 1. The van der Waals surface area contributed by atoms with Gasteiger partial charge >= 0.3 is 6.01 Å². The molecule has 0 aliphatic rings. The quantitative estimate of drug-likeness (QED) is 0.846. The lowest BCUT2D eigenvalue weighted by Crippen LogP contribution is -2.04. The molecule has 0 saturated carbocycles. The van der Waals surface area contributed by atoms with Crippen molar-refractivity contribution in [3.63, 3.8) is 0 Å². The Hall–Kier alpha value is -1.15. The van der Waals surface area contributed by atoms with Gasteiger partial charge in [0.05, 0.1) is 11.7 Å². The summed E-state index contributed by atoms with van der Waals surface area (Å²) in [5.74, 6) is 0.424. The summed E-state index contributed by atoms with van der Waals surface area (Å²) in [6.07, 6.45) is 0. The van der Waals surface area contributed by atoms with E-state index in [9.17, 15) is 0 Å². The third kappa shape index (κ3) is 2.50. The van der Waals surface area contributed by atoms with Crippen LogP contribution < -0.4 is 11.1 Å². The average molecular weight is 330 g/mol. The standard InChI is InChI=1S/C10H11IN4O/c1-6(12)9-14-15-10(16-9)13-8-5-3-2-4-7(8)11/h2-6H,12H2,1H3,(H,13,15). The van der Waals surface area contributed by atoms with E-state index in [0.717, 1.165) is 9.26 Å². The monoisotopic (exact) mass is 330 g/mol. The van der Waals surface area contributed by atoms with Gasteiger partial charge in [-0.3, -0.25) is 0 Å². The van der Waals surface area contributed by atoms with Crippen molar-refractivity contribution in [2.24, 2.45) is 5.73 Å². The summed E-state index contributed by atoms with van der Waals surface area (Å²) in [5.41, 5.74) is 6.56. The van der Waals surface area contributed by atoms with E-state index in [1.54, 1.807) is 6.92 Å². The Labute approximate surface area is 107 Å². The molecule has 1 atom stereocenters. The molecule has 0 fully saturated rings. The van der Waals surface area contributed by atoms with E-state index in [2.05, 4.69) is 38.1 Å². The predicted molar refractivity (Wildman–Crippen MR) is 69.3 cm³/mol. The van der Waals surface area contributed by atoms with Crippen molar-refractivity contribution in [3.05, 3.63) is 33.7 Å². The van der Waals surface area contributed by atoms with E-state index in [1.165, 1.54) is 0 Å². The fourth-order valence-corrected chi connectivity index (χ4v) is 1.67. The average Bonchev–Trinajstić information content (AvgIpc) is 2.70. The number of hydrogen-bond donors (Lipinski definition) is 2. The molecule has 0 radical (unpaired) electrons. The number of nitrogens with one attached hydrogen (secondary N) is 1. The maximum absolute atomic E-state index is 5.62. The third-order valence-electron chi connectivity index (χ3n) is 1.95. The minimum absolute atomic E-state index is 0.252. The number of hydrogen-bond acceptors (Lipinski definition) is 5. The Balaban J connectivity index is 2.18. The minimum Gasteiger partial charge on any atom is -0.406 e. The van der Waals surface area contributed by atoms with Gasteiger partial charge in [0, 0.05) is 3.57 Å². The van der Waals surface area contributed by atoms with Crippen LogP contribution in [-0.2, 0) is 0 Å². The molecular weight excluding hydrogens is 319 g/mol. The topological polar surface area (TPSA) is 77.0 Å². The fourth-order valence-electron chi connectivity index (χ4n) is 1.15. The third-order valence-corrected chi connectivity index (χ3v) is 2.89. The van der Waals surface area contributed by atoms with Gasteiger partial charge in [-0.25, -0.2) is 0 Å². The van der Waals surface area contributed by atoms with Gasteiger partial charge < -0.3 is 15.5 Å². The van der Waals surface area contributed by atoms with E-state index in [-0.39, 0.29) is 6.04 Å². The van der Waals surface area contributed by atoms with Crippen LogP contribution in [0.3, 0.4) is 0 Å². The number of aromatic nitrogens is 2. The van der Waals surface area contributed by atoms with Crippen LogP contribution in [0.1, 0.15) is 18.9 Å². The number of halogens is 1. The van der Waals surface area contributed by atoms with Crippen molar-refractivity contribution < 1.29 is 4.42 Å². The predicted octanol–water partition coefficient (Wildman–Crippen LogP) is 2.44. The highest BCUT2D eigenvalue weighted by molar-refractivity contribution is 14.1. The van der Waals surface area contributed by atoms with Gasteiger partial charge in [0.1, 0.15) is 0 Å². The first-order valence-electron chi connectivity index (χ1n) is 4.77. The molecule has 16 heavy (non-hydrogen) atoms. The van der Waals surface area contributed by atoms with Crippen LogP contribution >= 0.6 is 22.6 Å². The largest absolute Gasteiger partial charge is 0.406 e. The maximum atomic E-state index is 5.62. The van der Waals surface area contributed by atoms with Crippen LogP contribution in [0.15, 0.2) is 28.7 Å². The molecule has 1 heterocycles. The van der Waals surface area contributed by atoms with Crippen molar-refractivity contribution in [1.29, 1.82) is 0 Å². The highest BCUT2D eigenvalue weighted by Gasteiger charge is 2.10. The Morgan fingerprint density at radius 3 is 2.75 bits per heavy atom. The highest BCUT2D eigenvalue weighted by atomic mass is 127. The van der Waals surface area contributed by atoms with Crippen LogP contribution in [0.2, 0.25) is 0 Å². The smallest absolute Gasteiger partial charge is 0.320 e. The summed E-state index contributed by atoms with van der Waals surface area (Å²) in [7, 11) is 0. The molecule has 3 N–H and O–H groups in total. The zero-order valence-electron chi connectivity index (χ0n) is 8.64. The molecule has 5 nitrogen and oxygen atoms in total. The minimum atomic E-state index is -0.252. The first-order chi connectivity index (χ1) is 7.66. The maximum Gasteiger partial charge on any atom is 0.320 e. The van der Waals surface area contributed by atoms with Gasteiger partial charge in [0.15, 0.2) is 0 Å². The van der Waals surface area contributed by atoms with Gasteiger partial charge in [-0.2, -0.15) is 0 Å². The van der Waals surface area contributed by atoms with E-state index in [0.29, 0.717) is 11.9 Å². The molecule has 0 spiro atoms. The van der Waals surface area contributed by atoms with Gasteiger partial charge in [0.25, 0.3) is 0 Å². The van der Waals surface area contributed by atoms with Gasteiger partial charge in [-0.1, -0.05) is 17.2 Å². The van der Waals surface area contributed by atoms with Crippen molar-refractivity contribution in [2.45, 2.75) is 13.0 Å². The Kier molecular flexibility index (Phi) is 3.39. The lowest BCUT2D eigenvalue weighted by Gasteiger charge is -2.03. The number of para-hydroxylation sites is 1. The van der Waals surface area contributed by atoms with Crippen molar-refractivity contribution >= 4 is 34.3 Å². The molecule has 1 aromatic carbocycles. The van der Waals surface area contributed by atoms with Crippen LogP contribution in [0.25, 0.3) is 0 Å². The van der Waals surface area contributed by atoms with Gasteiger partial charge in [-0.05, 0) is 41.6 Å². The molecule has 1 aromatic heterocycles. The second-order valence-corrected chi connectivity index (χ2v) is 4.50. The molecule has 0 aliphatic carbocycles. The Morgan fingerprint density at radius 2 is 2.12 bits per heavy atom. The molecule has 0 bridgehead atoms. The van der Waals surface area contributed by atoms with Crippen LogP contribution in [0.4, 0.5) is 11.7 Å². The number of nitrogens with two attached hydrogens (primary N) is 1. The summed E-state index contributed by atoms with van der Waals surface area (Å²) in [6.45, 7) is 1.80. The lowest BCUT2D eigenvalue weighted by atomic mass is 10.3. The number of nitrogens with zero attached hydrogens (tertiary/aromatic N) is 2. The van der Waals surface area contributed by atoms with Gasteiger partial charge in [0.2, 0.25) is 5.89 Å². The Bertz CT molecular complexity index is 483. The SMILES string of the molecule is CC(N)c1nnc(Nc2ccccc2I)o1. The molecule has 0 saturated heterocycles. The summed E-state index contributed by atoms with van der Waals surface area (Å²) >= 11 is 2.23. The molecule has 84 valence electrons. The van der Waals surface area contributed by atoms with Crippen molar-refractivity contribution in [3.8, 4) is 0 Å². The second-order valence-electron chi connectivity index (χ2n) is 3.34. The normalized spacial score (nSPS) is 12.4. The Morgan fingerprint density at radius 1 is 1.38 bits per heavy atom. The van der Waals surface area contributed by atoms with E-state index in [1.807, 2.05) is 24.3 Å². The summed E-state index contributed by atoms with van der Waals surface area (Å²) in [4.78, 5) is 0. The number of anilines is 2. The molecule has 0 amide bonds. The van der Waals surface area contributed by atoms with E-state index < -0.39 is 0 Å². The molecule has 2 rings (SSSR count). The molecular formula is C10H11IN4O. The second kappa shape index (κ2) is 4.79. The van der Waals surface area contributed by atoms with E-state index >= 15 is 0 Å². The first kappa shape index (κ1) is 11.3. The summed E-state index contributed by atoms with van der Waals surface area (Å²) in [6, 6.07) is 7.94. The molecule has 2 aromatic rings.